The van der Waals surface area contributed by atoms with Crippen molar-refractivity contribution in [2.75, 3.05) is 46.4 Å². The smallest absolute Gasteiger partial charge is 0.0506 e. The minimum absolute atomic E-state index is 0.801. The second-order valence-electron chi connectivity index (χ2n) is 5.38. The molecule has 3 nitrogen and oxygen atoms in total. The fraction of sp³-hybridized carbons (Fsp3) is 1.00. The van der Waals surface area contributed by atoms with Gasteiger partial charge in [-0.25, -0.2) is 0 Å². The number of hydrogen-bond donors (Lipinski definition) is 1. The number of hydrogen-bond acceptors (Lipinski definition) is 3. The van der Waals surface area contributed by atoms with Crippen LogP contribution in [0, 0.1) is 11.8 Å². The minimum Gasteiger partial charge on any atom is -0.381 e. The zero-order valence-corrected chi connectivity index (χ0v) is 10.6. The second-order valence-corrected chi connectivity index (χ2v) is 5.38. The largest absolute Gasteiger partial charge is 0.381 e. The first-order valence-electron chi connectivity index (χ1n) is 6.83. The van der Waals surface area contributed by atoms with E-state index in [1.54, 1.807) is 0 Å². The predicted octanol–water partition coefficient (Wildman–Crippen LogP) is 1.34. The van der Waals surface area contributed by atoms with E-state index >= 15 is 0 Å². The SMILES string of the molecule is CNCC1CCN(CC2CCCOC2)CC1. The molecule has 0 aromatic rings. The third-order valence-electron chi connectivity index (χ3n) is 3.97. The van der Waals surface area contributed by atoms with Crippen LogP contribution in [0.4, 0.5) is 0 Å². The summed E-state index contributed by atoms with van der Waals surface area (Å²) >= 11 is 0. The van der Waals surface area contributed by atoms with Gasteiger partial charge in [0.15, 0.2) is 0 Å². The molecule has 0 aromatic carbocycles. The molecule has 0 aromatic heterocycles. The van der Waals surface area contributed by atoms with Crippen molar-refractivity contribution >= 4 is 0 Å². The van der Waals surface area contributed by atoms with Crippen molar-refractivity contribution < 1.29 is 4.74 Å². The van der Waals surface area contributed by atoms with Crippen molar-refractivity contribution in [1.82, 2.24) is 10.2 Å². The highest BCUT2D eigenvalue weighted by molar-refractivity contribution is 4.76. The Labute approximate surface area is 99.5 Å². The maximum Gasteiger partial charge on any atom is 0.0506 e. The first-order valence-corrected chi connectivity index (χ1v) is 6.83. The third-order valence-corrected chi connectivity index (χ3v) is 3.97. The average Bonchev–Trinajstić information content (AvgIpc) is 2.33. The first-order chi connectivity index (χ1) is 7.88. The molecule has 0 amide bonds. The van der Waals surface area contributed by atoms with Crippen LogP contribution in [-0.4, -0.2) is 51.3 Å². The molecule has 1 N–H and O–H groups in total. The van der Waals surface area contributed by atoms with E-state index in [2.05, 4.69) is 17.3 Å². The summed E-state index contributed by atoms with van der Waals surface area (Å²) in [7, 11) is 2.06. The zero-order chi connectivity index (χ0) is 11.2. The third kappa shape index (κ3) is 3.72. The summed E-state index contributed by atoms with van der Waals surface area (Å²) in [5, 5.41) is 3.30. The predicted molar refractivity (Wildman–Crippen MR) is 66.6 cm³/mol. The molecule has 2 aliphatic rings. The maximum absolute atomic E-state index is 5.55. The van der Waals surface area contributed by atoms with Gasteiger partial charge in [0.2, 0.25) is 0 Å². The molecule has 0 bridgehead atoms. The lowest BCUT2D eigenvalue weighted by atomic mass is 9.95. The van der Waals surface area contributed by atoms with Gasteiger partial charge in [0.05, 0.1) is 6.61 Å². The van der Waals surface area contributed by atoms with Gasteiger partial charge in [0.25, 0.3) is 0 Å². The molecule has 2 aliphatic heterocycles. The topological polar surface area (TPSA) is 24.5 Å². The van der Waals surface area contributed by atoms with Crippen LogP contribution in [-0.2, 0) is 4.74 Å². The fourth-order valence-electron chi connectivity index (χ4n) is 2.98. The molecule has 3 heteroatoms. The molecule has 0 aliphatic carbocycles. The number of piperidine rings is 1. The van der Waals surface area contributed by atoms with Gasteiger partial charge < -0.3 is 15.0 Å². The van der Waals surface area contributed by atoms with Crippen molar-refractivity contribution in [2.45, 2.75) is 25.7 Å². The van der Waals surface area contributed by atoms with Gasteiger partial charge in [-0.3, -0.25) is 0 Å². The summed E-state index contributed by atoms with van der Waals surface area (Å²) in [4.78, 5) is 2.64. The van der Waals surface area contributed by atoms with Crippen molar-refractivity contribution in [3.63, 3.8) is 0 Å². The molecule has 1 unspecified atom stereocenters. The molecule has 0 spiro atoms. The highest BCUT2D eigenvalue weighted by Crippen LogP contribution is 2.20. The van der Waals surface area contributed by atoms with E-state index in [9.17, 15) is 0 Å². The normalized spacial score (nSPS) is 29.4. The maximum atomic E-state index is 5.55. The molecule has 94 valence electrons. The molecule has 0 saturated carbocycles. The summed E-state index contributed by atoms with van der Waals surface area (Å²) in [6, 6.07) is 0. The average molecular weight is 226 g/mol. The van der Waals surface area contributed by atoms with Gasteiger partial charge in [0.1, 0.15) is 0 Å². The van der Waals surface area contributed by atoms with E-state index < -0.39 is 0 Å². The Hall–Kier alpha value is -0.120. The Morgan fingerprint density at radius 1 is 1.19 bits per heavy atom. The lowest BCUT2D eigenvalue weighted by Crippen LogP contribution is -2.40. The van der Waals surface area contributed by atoms with Gasteiger partial charge in [-0.1, -0.05) is 0 Å². The van der Waals surface area contributed by atoms with Gasteiger partial charge in [0, 0.05) is 13.2 Å². The number of ether oxygens (including phenoxy) is 1. The van der Waals surface area contributed by atoms with Crippen LogP contribution in [0.25, 0.3) is 0 Å². The van der Waals surface area contributed by atoms with Crippen molar-refractivity contribution in [3.05, 3.63) is 0 Å². The summed E-state index contributed by atoms with van der Waals surface area (Å²) in [6.07, 6.45) is 5.38. The summed E-state index contributed by atoms with van der Waals surface area (Å²) < 4.78 is 5.55. The van der Waals surface area contributed by atoms with Gasteiger partial charge >= 0.3 is 0 Å². The Bertz CT molecular complexity index is 184. The van der Waals surface area contributed by atoms with Gasteiger partial charge in [-0.15, -0.1) is 0 Å². The standard InChI is InChI=1S/C13H26N2O/c1-14-9-12-4-6-15(7-5-12)10-13-3-2-8-16-11-13/h12-14H,2-11H2,1H3. The number of rotatable bonds is 4. The molecule has 2 heterocycles. The van der Waals surface area contributed by atoms with E-state index in [0.717, 1.165) is 25.0 Å². The van der Waals surface area contributed by atoms with E-state index in [-0.39, 0.29) is 0 Å². The molecular formula is C13H26N2O. The van der Waals surface area contributed by atoms with Crippen LogP contribution in [0.1, 0.15) is 25.7 Å². The van der Waals surface area contributed by atoms with Crippen LogP contribution in [0.3, 0.4) is 0 Å². The lowest BCUT2D eigenvalue weighted by Gasteiger charge is -2.35. The lowest BCUT2D eigenvalue weighted by molar-refractivity contribution is 0.0327. The summed E-state index contributed by atoms with van der Waals surface area (Å²) in [5.74, 6) is 1.71. The fourth-order valence-corrected chi connectivity index (χ4v) is 2.98. The Morgan fingerprint density at radius 3 is 2.62 bits per heavy atom. The highest BCUT2D eigenvalue weighted by Gasteiger charge is 2.22. The monoisotopic (exact) mass is 226 g/mol. The highest BCUT2D eigenvalue weighted by atomic mass is 16.5. The quantitative estimate of drug-likeness (QED) is 0.783. The van der Waals surface area contributed by atoms with E-state index in [0.29, 0.717) is 0 Å². The Kier molecular flexibility index (Phi) is 5.07. The molecule has 0 radical (unpaired) electrons. The summed E-state index contributed by atoms with van der Waals surface area (Å²) in [5.41, 5.74) is 0. The van der Waals surface area contributed by atoms with E-state index in [1.165, 1.54) is 51.9 Å². The Balaban J connectivity index is 1.64. The molecule has 1 atom stereocenters. The van der Waals surface area contributed by atoms with Crippen LogP contribution < -0.4 is 5.32 Å². The Morgan fingerprint density at radius 2 is 2.00 bits per heavy atom. The van der Waals surface area contributed by atoms with Crippen LogP contribution in [0.5, 0.6) is 0 Å². The van der Waals surface area contributed by atoms with Crippen molar-refractivity contribution in [2.24, 2.45) is 11.8 Å². The van der Waals surface area contributed by atoms with Crippen LogP contribution >= 0.6 is 0 Å². The van der Waals surface area contributed by atoms with E-state index in [1.807, 2.05) is 0 Å². The molecule has 2 rings (SSSR count). The van der Waals surface area contributed by atoms with Gasteiger partial charge in [-0.2, -0.15) is 0 Å². The van der Waals surface area contributed by atoms with E-state index in [4.69, 9.17) is 4.74 Å². The van der Waals surface area contributed by atoms with Crippen molar-refractivity contribution in [1.29, 1.82) is 0 Å². The number of nitrogens with one attached hydrogen (secondary N) is 1. The van der Waals surface area contributed by atoms with Crippen molar-refractivity contribution in [3.8, 4) is 0 Å². The number of likely N-dealkylation sites (tertiary alicyclic amines) is 1. The number of nitrogens with zero attached hydrogens (tertiary/aromatic N) is 1. The second kappa shape index (κ2) is 6.58. The van der Waals surface area contributed by atoms with Crippen LogP contribution in [0.2, 0.25) is 0 Å². The van der Waals surface area contributed by atoms with Crippen LogP contribution in [0.15, 0.2) is 0 Å². The molecule has 2 fully saturated rings. The first kappa shape index (κ1) is 12.3. The minimum atomic E-state index is 0.801. The molecular weight excluding hydrogens is 200 g/mol. The zero-order valence-electron chi connectivity index (χ0n) is 10.6. The van der Waals surface area contributed by atoms with Gasteiger partial charge in [-0.05, 0) is 64.2 Å². The molecule has 16 heavy (non-hydrogen) atoms. The molecule has 2 saturated heterocycles. The summed E-state index contributed by atoms with van der Waals surface area (Å²) in [6.45, 7) is 7.04.